The monoisotopic (exact) mass is 478 g/mol. The van der Waals surface area contributed by atoms with Crippen molar-refractivity contribution in [2.45, 2.75) is 30.8 Å². The van der Waals surface area contributed by atoms with Crippen LogP contribution in [-0.4, -0.2) is 64.2 Å². The summed E-state index contributed by atoms with van der Waals surface area (Å²) < 4.78 is 27.7. The number of amides is 2. The number of carbonyl (C=O) groups is 1. The average Bonchev–Trinajstić information content (AvgIpc) is 2.86. The maximum Gasteiger partial charge on any atom is 0.321 e. The minimum Gasteiger partial charge on any atom is -0.395 e. The lowest BCUT2D eigenvalue weighted by atomic mass is 9.74. The second-order valence-corrected chi connectivity index (χ2v) is 9.15. The van der Waals surface area contributed by atoms with Crippen molar-refractivity contribution in [2.75, 3.05) is 31.6 Å². The molecule has 3 heterocycles. The number of rotatable bonds is 4. The fourth-order valence-corrected chi connectivity index (χ4v) is 5.35. The van der Waals surface area contributed by atoms with Crippen LogP contribution in [0, 0.1) is 11.6 Å². The fraction of sp³-hybridized carbons (Fsp3) is 0.333. The first kappa shape index (κ1) is 23.4. The summed E-state index contributed by atoms with van der Waals surface area (Å²) in [6.07, 6.45) is 5.21. The van der Waals surface area contributed by atoms with E-state index in [0.29, 0.717) is 13.1 Å². The number of carbonyl (C=O) groups excluding carboxylic acids is 1. The number of urea groups is 1. The quantitative estimate of drug-likeness (QED) is 0.580. The Balaban J connectivity index is 1.35. The van der Waals surface area contributed by atoms with Crippen molar-refractivity contribution in [1.29, 1.82) is 0 Å². The van der Waals surface area contributed by atoms with E-state index in [1.807, 2.05) is 12.1 Å². The van der Waals surface area contributed by atoms with Gasteiger partial charge in [-0.3, -0.25) is 9.88 Å². The van der Waals surface area contributed by atoms with Crippen LogP contribution in [0.25, 0.3) is 11.1 Å². The first-order valence-corrected chi connectivity index (χ1v) is 11.9. The van der Waals surface area contributed by atoms with Crippen LogP contribution in [0.1, 0.15) is 24.3 Å². The molecule has 0 saturated carbocycles. The van der Waals surface area contributed by atoms with Crippen LogP contribution in [0.3, 0.4) is 0 Å². The second-order valence-electron chi connectivity index (χ2n) is 9.15. The fourth-order valence-electron chi connectivity index (χ4n) is 5.35. The van der Waals surface area contributed by atoms with Gasteiger partial charge >= 0.3 is 6.03 Å². The SMILES string of the molecule is O=C(Nc1cc(F)ccc1F)N1CCCCN2[C@H](C1)[C@@H](c1ccc(-c3ccncc3)cc1)[C@@H]2CO. The molecule has 6 nitrogen and oxygen atoms in total. The van der Waals surface area contributed by atoms with Gasteiger partial charge in [-0.1, -0.05) is 24.3 Å². The Bertz CT molecular complexity index is 1180. The molecule has 0 aliphatic carbocycles. The van der Waals surface area contributed by atoms with Crippen LogP contribution in [0.15, 0.2) is 67.0 Å². The summed E-state index contributed by atoms with van der Waals surface area (Å²) in [5.74, 6) is -1.23. The van der Waals surface area contributed by atoms with Gasteiger partial charge in [0, 0.05) is 49.6 Å². The predicted octanol–water partition coefficient (Wildman–Crippen LogP) is 4.48. The molecule has 2 aromatic carbocycles. The molecule has 2 aliphatic rings. The third-order valence-electron chi connectivity index (χ3n) is 7.14. The maximum atomic E-state index is 14.1. The lowest BCUT2D eigenvalue weighted by Crippen LogP contribution is -2.68. The minimum absolute atomic E-state index is 0.0181. The molecule has 2 aliphatic heterocycles. The van der Waals surface area contributed by atoms with Crippen LogP contribution in [0.4, 0.5) is 19.3 Å². The van der Waals surface area contributed by atoms with Crippen LogP contribution in [0.5, 0.6) is 0 Å². The summed E-state index contributed by atoms with van der Waals surface area (Å²) in [4.78, 5) is 21.0. The minimum atomic E-state index is -0.676. The van der Waals surface area contributed by atoms with E-state index < -0.39 is 17.7 Å². The van der Waals surface area contributed by atoms with Gasteiger partial charge in [0.1, 0.15) is 11.6 Å². The van der Waals surface area contributed by atoms with E-state index in [-0.39, 0.29) is 30.3 Å². The van der Waals surface area contributed by atoms with Crippen LogP contribution in [-0.2, 0) is 0 Å². The second kappa shape index (κ2) is 10.1. The van der Waals surface area contributed by atoms with E-state index in [4.69, 9.17) is 0 Å². The molecular formula is C27H28F2N4O2. The summed E-state index contributed by atoms with van der Waals surface area (Å²) >= 11 is 0. The molecule has 2 amide bonds. The number of pyridine rings is 1. The topological polar surface area (TPSA) is 68.7 Å². The van der Waals surface area contributed by atoms with Crippen molar-refractivity contribution in [3.63, 3.8) is 0 Å². The molecular weight excluding hydrogens is 450 g/mol. The van der Waals surface area contributed by atoms with Gasteiger partial charge in [0.25, 0.3) is 0 Å². The van der Waals surface area contributed by atoms with Crippen LogP contribution in [0.2, 0.25) is 0 Å². The Morgan fingerprint density at radius 1 is 1.00 bits per heavy atom. The number of hydrogen-bond donors (Lipinski definition) is 2. The van der Waals surface area contributed by atoms with Gasteiger partial charge in [0.15, 0.2) is 0 Å². The molecule has 0 radical (unpaired) electrons. The third kappa shape index (κ3) is 4.76. The zero-order valence-corrected chi connectivity index (χ0v) is 19.3. The normalized spacial score (nSPS) is 22.5. The molecule has 1 aromatic heterocycles. The van der Waals surface area contributed by atoms with Crippen LogP contribution >= 0.6 is 0 Å². The van der Waals surface area contributed by atoms with E-state index in [1.165, 1.54) is 0 Å². The number of aliphatic hydroxyl groups excluding tert-OH is 1. The number of fused-ring (bicyclic) bond motifs is 1. The first-order valence-electron chi connectivity index (χ1n) is 11.9. The number of anilines is 1. The molecule has 0 unspecified atom stereocenters. The lowest BCUT2D eigenvalue weighted by molar-refractivity contribution is -0.0585. The predicted molar refractivity (Wildman–Crippen MR) is 130 cm³/mol. The van der Waals surface area contributed by atoms with E-state index in [9.17, 15) is 18.7 Å². The number of nitrogens with one attached hydrogen (secondary N) is 1. The smallest absolute Gasteiger partial charge is 0.321 e. The standard InChI is InChI=1S/C27H28F2N4O2/c28-21-7-8-22(29)23(15-21)31-27(35)32-13-1-2-14-33-24(16-32)26(25(33)17-34)20-5-3-18(4-6-20)19-9-11-30-12-10-19/h3-12,15,24-26,34H,1-2,13-14,16-17H2,(H,31,35)/t24-,25+,26-/m1/s1. The number of nitrogens with zero attached hydrogens (tertiary/aromatic N) is 3. The summed E-state index contributed by atoms with van der Waals surface area (Å²) in [7, 11) is 0. The number of hydrogen-bond acceptors (Lipinski definition) is 4. The van der Waals surface area contributed by atoms with Crippen molar-refractivity contribution < 1.29 is 18.7 Å². The Kier molecular flexibility index (Phi) is 6.74. The number of halogens is 2. The highest BCUT2D eigenvalue weighted by atomic mass is 19.1. The molecule has 2 N–H and O–H groups in total. The van der Waals surface area contributed by atoms with Crippen molar-refractivity contribution in [1.82, 2.24) is 14.8 Å². The van der Waals surface area contributed by atoms with Crippen molar-refractivity contribution in [3.8, 4) is 11.1 Å². The molecule has 8 heteroatoms. The Labute approximate surface area is 203 Å². The molecule has 2 fully saturated rings. The Morgan fingerprint density at radius 2 is 1.71 bits per heavy atom. The van der Waals surface area contributed by atoms with E-state index in [2.05, 4.69) is 39.5 Å². The molecule has 3 aromatic rings. The summed E-state index contributed by atoms with van der Waals surface area (Å²) in [6, 6.07) is 14.8. The molecule has 5 rings (SSSR count). The van der Waals surface area contributed by atoms with E-state index in [1.54, 1.807) is 17.3 Å². The number of aliphatic hydroxyl groups is 1. The van der Waals surface area contributed by atoms with Gasteiger partial charge in [-0.25, -0.2) is 13.6 Å². The van der Waals surface area contributed by atoms with Crippen molar-refractivity contribution in [2.24, 2.45) is 0 Å². The summed E-state index contributed by atoms with van der Waals surface area (Å²) in [5, 5.41) is 12.7. The highest BCUT2D eigenvalue weighted by Gasteiger charge is 2.49. The van der Waals surface area contributed by atoms with E-state index in [0.717, 1.165) is 54.3 Å². The summed E-state index contributed by atoms with van der Waals surface area (Å²) in [5.41, 5.74) is 3.11. The third-order valence-corrected chi connectivity index (χ3v) is 7.14. The number of aromatic nitrogens is 1. The van der Waals surface area contributed by atoms with Crippen molar-refractivity contribution >= 4 is 11.7 Å². The maximum absolute atomic E-state index is 14.1. The van der Waals surface area contributed by atoms with E-state index >= 15 is 0 Å². The lowest BCUT2D eigenvalue weighted by Gasteiger charge is -2.57. The Morgan fingerprint density at radius 3 is 2.46 bits per heavy atom. The van der Waals surface area contributed by atoms with Crippen LogP contribution < -0.4 is 5.32 Å². The Hall–Kier alpha value is -3.36. The molecule has 182 valence electrons. The van der Waals surface area contributed by atoms with Gasteiger partial charge in [-0.05, 0) is 60.3 Å². The van der Waals surface area contributed by atoms with Gasteiger partial charge in [-0.2, -0.15) is 0 Å². The number of benzene rings is 2. The molecule has 3 atom stereocenters. The van der Waals surface area contributed by atoms with Gasteiger partial charge in [0.05, 0.1) is 12.3 Å². The highest BCUT2D eigenvalue weighted by Crippen LogP contribution is 2.42. The highest BCUT2D eigenvalue weighted by molar-refractivity contribution is 5.89. The molecule has 2 saturated heterocycles. The van der Waals surface area contributed by atoms with Gasteiger partial charge < -0.3 is 15.3 Å². The zero-order valence-electron chi connectivity index (χ0n) is 19.3. The largest absolute Gasteiger partial charge is 0.395 e. The van der Waals surface area contributed by atoms with Crippen molar-refractivity contribution in [3.05, 3.63) is 84.2 Å². The molecule has 35 heavy (non-hydrogen) atoms. The van der Waals surface area contributed by atoms with Gasteiger partial charge in [-0.15, -0.1) is 0 Å². The zero-order chi connectivity index (χ0) is 24.4. The summed E-state index contributed by atoms with van der Waals surface area (Å²) in [6.45, 7) is 1.87. The molecule has 0 bridgehead atoms. The first-order chi connectivity index (χ1) is 17.0. The van der Waals surface area contributed by atoms with Gasteiger partial charge in [0.2, 0.25) is 0 Å². The molecule has 0 spiro atoms. The average molecular weight is 479 g/mol.